The summed E-state index contributed by atoms with van der Waals surface area (Å²) >= 11 is 0. The Morgan fingerprint density at radius 2 is 1.96 bits per heavy atom. The van der Waals surface area contributed by atoms with Crippen LogP contribution in [0.3, 0.4) is 0 Å². The number of likely N-dealkylation sites (tertiary alicyclic amines) is 1. The smallest absolute Gasteiger partial charge is 0.222 e. The zero-order valence-electron chi connectivity index (χ0n) is 15.5. The molecule has 1 atom stereocenters. The van der Waals surface area contributed by atoms with Gasteiger partial charge in [0.25, 0.3) is 0 Å². The minimum absolute atomic E-state index is 0.0580. The van der Waals surface area contributed by atoms with Crippen LogP contribution in [0.25, 0.3) is 0 Å². The molecule has 0 saturated carbocycles. The first kappa shape index (κ1) is 18.4. The normalized spacial score (nSPS) is 23.2. The fourth-order valence-corrected chi connectivity index (χ4v) is 4.25. The van der Waals surface area contributed by atoms with E-state index in [0.29, 0.717) is 18.3 Å². The molecule has 1 unspecified atom stereocenters. The van der Waals surface area contributed by atoms with Crippen LogP contribution in [0.1, 0.15) is 51.5 Å². The standard InChI is InChI=1S/C21H30FNO2/c1-16(2)13-20(24)23-10-8-21(9-11-23)15-18(7-12-25-21)14-17-3-5-19(22)6-4-17/h3-6,16,18H,7-15H2,1-2H3. The third kappa shape index (κ3) is 4.81. The first-order valence-corrected chi connectivity index (χ1v) is 9.62. The number of halogens is 1. The molecule has 2 aliphatic rings. The van der Waals surface area contributed by atoms with Crippen molar-refractivity contribution in [3.8, 4) is 0 Å². The number of benzene rings is 1. The number of carbonyl (C=O) groups excluding carboxylic acids is 1. The van der Waals surface area contributed by atoms with Crippen molar-refractivity contribution in [2.45, 2.75) is 58.0 Å². The highest BCUT2D eigenvalue weighted by Crippen LogP contribution is 2.39. The van der Waals surface area contributed by atoms with E-state index >= 15 is 0 Å². The van der Waals surface area contributed by atoms with Crippen LogP contribution in [-0.2, 0) is 16.0 Å². The third-order valence-corrected chi connectivity index (χ3v) is 5.64. The molecular formula is C21H30FNO2. The molecule has 1 aromatic carbocycles. The van der Waals surface area contributed by atoms with E-state index in [4.69, 9.17) is 4.74 Å². The highest BCUT2D eigenvalue weighted by Gasteiger charge is 2.41. The molecule has 138 valence electrons. The van der Waals surface area contributed by atoms with Crippen molar-refractivity contribution < 1.29 is 13.9 Å². The third-order valence-electron chi connectivity index (χ3n) is 5.64. The largest absolute Gasteiger partial charge is 0.375 e. The topological polar surface area (TPSA) is 29.5 Å². The van der Waals surface area contributed by atoms with E-state index in [-0.39, 0.29) is 17.3 Å². The Labute approximate surface area is 150 Å². The minimum atomic E-state index is -0.175. The number of piperidine rings is 1. The summed E-state index contributed by atoms with van der Waals surface area (Å²) in [7, 11) is 0. The summed E-state index contributed by atoms with van der Waals surface area (Å²) in [6.07, 6.45) is 5.63. The van der Waals surface area contributed by atoms with Gasteiger partial charge in [-0.2, -0.15) is 0 Å². The summed E-state index contributed by atoms with van der Waals surface area (Å²) in [6, 6.07) is 6.88. The zero-order chi connectivity index (χ0) is 17.9. The van der Waals surface area contributed by atoms with Gasteiger partial charge >= 0.3 is 0 Å². The molecule has 3 rings (SSSR count). The summed E-state index contributed by atoms with van der Waals surface area (Å²) in [5.41, 5.74) is 1.14. The molecule has 0 bridgehead atoms. The van der Waals surface area contributed by atoms with Crippen LogP contribution < -0.4 is 0 Å². The summed E-state index contributed by atoms with van der Waals surface area (Å²) < 4.78 is 19.3. The number of amides is 1. The predicted octanol–water partition coefficient (Wildman–Crippen LogP) is 4.20. The maximum atomic E-state index is 13.1. The molecular weight excluding hydrogens is 317 g/mol. The van der Waals surface area contributed by atoms with E-state index in [1.54, 1.807) is 12.1 Å². The molecule has 3 nitrogen and oxygen atoms in total. The second kappa shape index (κ2) is 7.86. The molecule has 4 heteroatoms. The van der Waals surface area contributed by atoms with Gasteiger partial charge in [-0.25, -0.2) is 4.39 Å². The van der Waals surface area contributed by atoms with Gasteiger partial charge in [0, 0.05) is 26.1 Å². The lowest BCUT2D eigenvalue weighted by atomic mass is 9.77. The van der Waals surface area contributed by atoms with E-state index in [0.717, 1.165) is 51.8 Å². The van der Waals surface area contributed by atoms with Crippen LogP contribution in [0.4, 0.5) is 4.39 Å². The lowest BCUT2D eigenvalue weighted by molar-refractivity contribution is -0.147. The highest BCUT2D eigenvalue weighted by atomic mass is 19.1. The predicted molar refractivity (Wildman–Crippen MR) is 96.8 cm³/mol. The van der Waals surface area contributed by atoms with E-state index in [1.165, 1.54) is 5.56 Å². The fourth-order valence-electron chi connectivity index (χ4n) is 4.25. The van der Waals surface area contributed by atoms with Crippen molar-refractivity contribution in [2.75, 3.05) is 19.7 Å². The summed E-state index contributed by atoms with van der Waals surface area (Å²) in [4.78, 5) is 14.3. The lowest BCUT2D eigenvalue weighted by Crippen LogP contribution is -2.51. The Morgan fingerprint density at radius 3 is 2.60 bits per heavy atom. The molecule has 2 fully saturated rings. The van der Waals surface area contributed by atoms with Crippen LogP contribution in [0, 0.1) is 17.7 Å². The molecule has 2 heterocycles. The Morgan fingerprint density at radius 1 is 1.28 bits per heavy atom. The number of nitrogens with zero attached hydrogens (tertiary/aromatic N) is 1. The van der Waals surface area contributed by atoms with Crippen molar-refractivity contribution in [3.05, 3.63) is 35.6 Å². The first-order chi connectivity index (χ1) is 12.0. The van der Waals surface area contributed by atoms with Gasteiger partial charge in [0.05, 0.1) is 5.60 Å². The molecule has 2 saturated heterocycles. The summed E-state index contributed by atoms with van der Waals surface area (Å²) in [6.45, 7) is 6.61. The van der Waals surface area contributed by atoms with Gasteiger partial charge in [0.2, 0.25) is 5.91 Å². The number of carbonyl (C=O) groups is 1. The van der Waals surface area contributed by atoms with Crippen molar-refractivity contribution in [1.29, 1.82) is 0 Å². The molecule has 1 spiro atoms. The number of ether oxygens (including phenoxy) is 1. The second-order valence-electron chi connectivity index (χ2n) is 8.20. The van der Waals surface area contributed by atoms with E-state index < -0.39 is 0 Å². The van der Waals surface area contributed by atoms with Gasteiger partial charge < -0.3 is 9.64 Å². The summed E-state index contributed by atoms with van der Waals surface area (Å²) in [5.74, 6) is 1.10. The molecule has 0 aliphatic carbocycles. The van der Waals surface area contributed by atoms with Gasteiger partial charge in [-0.1, -0.05) is 26.0 Å². The second-order valence-corrected chi connectivity index (χ2v) is 8.20. The summed E-state index contributed by atoms with van der Waals surface area (Å²) in [5, 5.41) is 0. The maximum absolute atomic E-state index is 13.1. The quantitative estimate of drug-likeness (QED) is 0.817. The van der Waals surface area contributed by atoms with E-state index in [1.807, 2.05) is 17.0 Å². The molecule has 0 radical (unpaired) electrons. The number of hydrogen-bond donors (Lipinski definition) is 0. The average molecular weight is 347 g/mol. The van der Waals surface area contributed by atoms with Crippen LogP contribution in [0.2, 0.25) is 0 Å². The Balaban J connectivity index is 1.54. The Kier molecular flexibility index (Phi) is 5.78. The Hall–Kier alpha value is -1.42. The van der Waals surface area contributed by atoms with Crippen LogP contribution in [-0.4, -0.2) is 36.1 Å². The van der Waals surface area contributed by atoms with Gasteiger partial charge in [0.1, 0.15) is 5.82 Å². The Bertz CT molecular complexity index is 576. The number of rotatable bonds is 4. The molecule has 2 aliphatic heterocycles. The van der Waals surface area contributed by atoms with Crippen molar-refractivity contribution >= 4 is 5.91 Å². The lowest BCUT2D eigenvalue weighted by Gasteiger charge is -2.46. The molecule has 1 aromatic rings. The van der Waals surface area contributed by atoms with Crippen LogP contribution in [0.5, 0.6) is 0 Å². The highest BCUT2D eigenvalue weighted by molar-refractivity contribution is 5.76. The van der Waals surface area contributed by atoms with Gasteiger partial charge in [-0.05, 0) is 61.6 Å². The van der Waals surface area contributed by atoms with Gasteiger partial charge in [-0.3, -0.25) is 4.79 Å². The first-order valence-electron chi connectivity index (χ1n) is 9.62. The van der Waals surface area contributed by atoms with E-state index in [2.05, 4.69) is 13.8 Å². The van der Waals surface area contributed by atoms with Crippen molar-refractivity contribution in [1.82, 2.24) is 4.90 Å². The fraction of sp³-hybridized carbons (Fsp3) is 0.667. The molecule has 25 heavy (non-hydrogen) atoms. The molecule has 1 amide bonds. The molecule has 0 N–H and O–H groups in total. The monoisotopic (exact) mass is 347 g/mol. The average Bonchev–Trinajstić information content (AvgIpc) is 2.57. The molecule has 0 aromatic heterocycles. The SMILES string of the molecule is CC(C)CC(=O)N1CCC2(CC1)CC(Cc1ccc(F)cc1)CCO2. The zero-order valence-corrected chi connectivity index (χ0v) is 15.5. The minimum Gasteiger partial charge on any atom is -0.375 e. The van der Waals surface area contributed by atoms with Crippen LogP contribution >= 0.6 is 0 Å². The maximum Gasteiger partial charge on any atom is 0.222 e. The van der Waals surface area contributed by atoms with Gasteiger partial charge in [-0.15, -0.1) is 0 Å². The van der Waals surface area contributed by atoms with E-state index in [9.17, 15) is 9.18 Å². The van der Waals surface area contributed by atoms with Crippen molar-refractivity contribution in [3.63, 3.8) is 0 Å². The van der Waals surface area contributed by atoms with Crippen LogP contribution in [0.15, 0.2) is 24.3 Å². The van der Waals surface area contributed by atoms with Crippen molar-refractivity contribution in [2.24, 2.45) is 11.8 Å². The number of hydrogen-bond acceptors (Lipinski definition) is 2. The van der Waals surface area contributed by atoms with Gasteiger partial charge in [0.15, 0.2) is 0 Å².